The fraction of sp³-hybridized carbons (Fsp3) is 0.500. The molecule has 1 rings (SSSR count). The summed E-state index contributed by atoms with van der Waals surface area (Å²) >= 11 is 3.35. The Hall–Kier alpha value is -0.410. The van der Waals surface area contributed by atoms with E-state index in [-0.39, 0.29) is 5.41 Å². The van der Waals surface area contributed by atoms with Gasteiger partial charge in [-0.05, 0) is 17.7 Å². The Morgan fingerprint density at radius 1 is 1.38 bits per heavy atom. The number of nitrogens with zero attached hydrogens (tertiary/aromatic N) is 1. The van der Waals surface area contributed by atoms with Crippen LogP contribution in [0.4, 0.5) is 0 Å². The lowest BCUT2D eigenvalue weighted by Gasteiger charge is -2.24. The van der Waals surface area contributed by atoms with Crippen LogP contribution in [0.3, 0.4) is 0 Å². The molecule has 0 atom stereocenters. The average Bonchev–Trinajstić information content (AvgIpc) is 2.16. The van der Waals surface area contributed by atoms with Gasteiger partial charge in [0.1, 0.15) is 0 Å². The maximum absolute atomic E-state index is 4.01. The SMILES string of the molecule is CC(C)(CNCBr)c1ccncc1. The lowest BCUT2D eigenvalue weighted by atomic mass is 9.85. The lowest BCUT2D eigenvalue weighted by Crippen LogP contribution is -2.32. The highest BCUT2D eigenvalue weighted by Crippen LogP contribution is 2.20. The van der Waals surface area contributed by atoms with Gasteiger partial charge in [0.25, 0.3) is 0 Å². The third kappa shape index (κ3) is 3.08. The zero-order valence-electron chi connectivity index (χ0n) is 8.05. The van der Waals surface area contributed by atoms with Crippen molar-refractivity contribution in [1.82, 2.24) is 10.3 Å². The molecule has 0 aliphatic rings. The second-order valence-electron chi connectivity index (χ2n) is 3.68. The van der Waals surface area contributed by atoms with Gasteiger partial charge in [0, 0.05) is 24.4 Å². The van der Waals surface area contributed by atoms with Gasteiger partial charge in [0.05, 0.1) is 5.45 Å². The van der Waals surface area contributed by atoms with Gasteiger partial charge in [-0.3, -0.25) is 4.98 Å². The van der Waals surface area contributed by atoms with Gasteiger partial charge in [0.15, 0.2) is 0 Å². The van der Waals surface area contributed by atoms with Gasteiger partial charge >= 0.3 is 0 Å². The molecular formula is C10H15BrN2. The Labute approximate surface area is 87.9 Å². The molecule has 0 fully saturated rings. The van der Waals surface area contributed by atoms with E-state index < -0.39 is 0 Å². The van der Waals surface area contributed by atoms with Gasteiger partial charge in [-0.25, -0.2) is 0 Å². The number of hydrogen-bond donors (Lipinski definition) is 1. The minimum atomic E-state index is 0.163. The van der Waals surface area contributed by atoms with Gasteiger partial charge < -0.3 is 5.32 Å². The van der Waals surface area contributed by atoms with Crippen molar-refractivity contribution in [3.63, 3.8) is 0 Å². The summed E-state index contributed by atoms with van der Waals surface area (Å²) in [7, 11) is 0. The number of alkyl halides is 1. The quantitative estimate of drug-likeness (QED) is 0.648. The van der Waals surface area contributed by atoms with Crippen molar-refractivity contribution in [2.45, 2.75) is 19.3 Å². The standard InChI is InChI=1S/C10H15BrN2/c1-10(2,7-13-8-11)9-3-5-12-6-4-9/h3-6,13H,7-8H2,1-2H3. The van der Waals surface area contributed by atoms with Gasteiger partial charge in [0.2, 0.25) is 0 Å². The van der Waals surface area contributed by atoms with Crippen molar-refractivity contribution in [3.8, 4) is 0 Å². The molecule has 1 aromatic heterocycles. The first-order valence-corrected chi connectivity index (χ1v) is 5.46. The lowest BCUT2D eigenvalue weighted by molar-refractivity contribution is 0.490. The average molecular weight is 243 g/mol. The molecule has 0 saturated heterocycles. The number of pyridine rings is 1. The number of rotatable bonds is 4. The van der Waals surface area contributed by atoms with Crippen LogP contribution >= 0.6 is 15.9 Å². The molecule has 1 N–H and O–H groups in total. The second kappa shape index (κ2) is 4.72. The summed E-state index contributed by atoms with van der Waals surface area (Å²) in [5, 5.41) is 3.28. The molecule has 0 spiro atoms. The van der Waals surface area contributed by atoms with E-state index in [2.05, 4.69) is 52.2 Å². The normalized spacial score (nSPS) is 11.6. The molecule has 2 nitrogen and oxygen atoms in total. The highest BCUT2D eigenvalue weighted by atomic mass is 79.9. The highest BCUT2D eigenvalue weighted by Gasteiger charge is 2.19. The summed E-state index contributed by atoms with van der Waals surface area (Å²) in [6.07, 6.45) is 3.68. The summed E-state index contributed by atoms with van der Waals surface area (Å²) in [5.41, 5.74) is 2.31. The predicted molar refractivity (Wildman–Crippen MR) is 59.1 cm³/mol. The third-order valence-corrected chi connectivity index (χ3v) is 2.52. The van der Waals surface area contributed by atoms with E-state index in [0.29, 0.717) is 0 Å². The van der Waals surface area contributed by atoms with Crippen LogP contribution < -0.4 is 5.32 Å². The van der Waals surface area contributed by atoms with Crippen LogP contribution in [0, 0.1) is 0 Å². The van der Waals surface area contributed by atoms with Crippen molar-refractivity contribution in [2.75, 3.05) is 12.0 Å². The molecular weight excluding hydrogens is 228 g/mol. The van der Waals surface area contributed by atoms with Crippen LogP contribution in [-0.4, -0.2) is 17.0 Å². The van der Waals surface area contributed by atoms with Crippen LogP contribution in [-0.2, 0) is 5.41 Å². The minimum absolute atomic E-state index is 0.163. The van der Waals surface area contributed by atoms with Gasteiger partial charge in [-0.15, -0.1) is 0 Å². The van der Waals surface area contributed by atoms with E-state index in [1.807, 2.05) is 12.4 Å². The first-order valence-electron chi connectivity index (χ1n) is 4.34. The maximum Gasteiger partial charge on any atom is 0.0517 e. The van der Waals surface area contributed by atoms with E-state index >= 15 is 0 Å². The molecule has 0 unspecified atom stereocenters. The molecule has 0 aliphatic carbocycles. The molecule has 0 amide bonds. The number of nitrogens with one attached hydrogen (secondary N) is 1. The van der Waals surface area contributed by atoms with Crippen molar-refractivity contribution in [3.05, 3.63) is 30.1 Å². The molecule has 0 saturated carbocycles. The summed E-state index contributed by atoms with van der Waals surface area (Å²) in [6, 6.07) is 4.13. The zero-order chi connectivity index (χ0) is 9.73. The third-order valence-electron chi connectivity index (χ3n) is 2.12. The molecule has 0 radical (unpaired) electrons. The zero-order valence-corrected chi connectivity index (χ0v) is 9.63. The highest BCUT2D eigenvalue weighted by molar-refractivity contribution is 9.09. The summed E-state index contributed by atoms with van der Waals surface area (Å²) < 4.78 is 0. The fourth-order valence-electron chi connectivity index (χ4n) is 1.26. The van der Waals surface area contributed by atoms with Crippen molar-refractivity contribution in [1.29, 1.82) is 0 Å². The Kier molecular flexibility index (Phi) is 3.88. The van der Waals surface area contributed by atoms with Crippen LogP contribution in [0.5, 0.6) is 0 Å². The second-order valence-corrected chi connectivity index (χ2v) is 4.24. The molecule has 0 aromatic carbocycles. The molecule has 3 heteroatoms. The fourth-order valence-corrected chi connectivity index (χ4v) is 1.46. The maximum atomic E-state index is 4.01. The monoisotopic (exact) mass is 242 g/mol. The molecule has 13 heavy (non-hydrogen) atoms. The van der Waals surface area contributed by atoms with Gasteiger partial charge in [-0.1, -0.05) is 29.8 Å². The largest absolute Gasteiger partial charge is 0.306 e. The number of hydrogen-bond acceptors (Lipinski definition) is 2. The Morgan fingerprint density at radius 2 is 2.00 bits per heavy atom. The number of halogens is 1. The van der Waals surface area contributed by atoms with E-state index in [0.717, 1.165) is 12.0 Å². The van der Waals surface area contributed by atoms with Crippen molar-refractivity contribution in [2.24, 2.45) is 0 Å². The molecule has 1 heterocycles. The molecule has 1 aromatic rings. The first-order chi connectivity index (χ1) is 6.17. The van der Waals surface area contributed by atoms with E-state index in [9.17, 15) is 0 Å². The number of aromatic nitrogens is 1. The molecule has 0 aliphatic heterocycles. The van der Waals surface area contributed by atoms with Crippen molar-refractivity contribution < 1.29 is 0 Å². The predicted octanol–water partition coefficient (Wildman–Crippen LogP) is 2.30. The first kappa shape index (κ1) is 10.7. The minimum Gasteiger partial charge on any atom is -0.306 e. The Balaban J connectivity index is 2.69. The topological polar surface area (TPSA) is 24.9 Å². The summed E-state index contributed by atoms with van der Waals surface area (Å²) in [5.74, 6) is 0. The van der Waals surface area contributed by atoms with E-state index in [1.54, 1.807) is 0 Å². The van der Waals surface area contributed by atoms with Crippen LogP contribution in [0.1, 0.15) is 19.4 Å². The molecule has 0 bridgehead atoms. The summed E-state index contributed by atoms with van der Waals surface area (Å²) in [4.78, 5) is 4.01. The van der Waals surface area contributed by atoms with E-state index in [4.69, 9.17) is 0 Å². The van der Waals surface area contributed by atoms with Gasteiger partial charge in [-0.2, -0.15) is 0 Å². The van der Waals surface area contributed by atoms with Crippen molar-refractivity contribution >= 4 is 15.9 Å². The van der Waals surface area contributed by atoms with Crippen LogP contribution in [0.25, 0.3) is 0 Å². The van der Waals surface area contributed by atoms with E-state index in [1.165, 1.54) is 5.56 Å². The Bertz CT molecular complexity index is 246. The van der Waals surface area contributed by atoms with Crippen LogP contribution in [0.2, 0.25) is 0 Å². The van der Waals surface area contributed by atoms with Crippen LogP contribution in [0.15, 0.2) is 24.5 Å². The molecule has 72 valence electrons. The summed E-state index contributed by atoms with van der Waals surface area (Å²) in [6.45, 7) is 5.40. The smallest absolute Gasteiger partial charge is 0.0517 e. The Morgan fingerprint density at radius 3 is 2.54 bits per heavy atom.